The van der Waals surface area contributed by atoms with Crippen LogP contribution in [0.5, 0.6) is 11.5 Å². The summed E-state index contributed by atoms with van der Waals surface area (Å²) in [7, 11) is 1.56. The van der Waals surface area contributed by atoms with Crippen LogP contribution < -0.4 is 25.4 Å². The number of aromatic nitrogens is 2. The highest BCUT2D eigenvalue weighted by atomic mass is 32.1. The number of likely N-dealkylation sites (tertiary alicyclic amines) is 1. The van der Waals surface area contributed by atoms with Crippen LogP contribution in [0.4, 0.5) is 9.93 Å². The third-order valence-electron chi connectivity index (χ3n) is 10.5. The zero-order valence-corrected chi connectivity index (χ0v) is 33.3. The maximum atomic E-state index is 14.6. The number of carbonyl (C=O) groups excluding carboxylic acids is 4. The molecule has 298 valence electrons. The summed E-state index contributed by atoms with van der Waals surface area (Å²) in [5.41, 5.74) is 2.71. The van der Waals surface area contributed by atoms with Gasteiger partial charge in [0.2, 0.25) is 17.7 Å². The Hall–Kier alpha value is -5.47. The fourth-order valence-corrected chi connectivity index (χ4v) is 7.99. The average molecular weight is 789 g/mol. The largest absolute Gasteiger partial charge is 0.496 e. The van der Waals surface area contributed by atoms with E-state index in [9.17, 15) is 29.1 Å². The highest BCUT2D eigenvalue weighted by Gasteiger charge is 2.59. The van der Waals surface area contributed by atoms with Gasteiger partial charge in [0.1, 0.15) is 41.5 Å². The normalized spacial score (nSPS) is 21.2. The number of pyridine rings is 1. The number of carboxylic acid groups (broad SMARTS) is 1. The van der Waals surface area contributed by atoms with Crippen molar-refractivity contribution in [3.05, 3.63) is 47.0 Å². The number of aryl methyl sites for hydroxylation is 1. The number of carboxylic acids is 1. The van der Waals surface area contributed by atoms with Gasteiger partial charge in [-0.25, -0.2) is 19.6 Å². The summed E-state index contributed by atoms with van der Waals surface area (Å²) in [4.78, 5) is 77.1. The molecule has 3 aliphatic rings. The summed E-state index contributed by atoms with van der Waals surface area (Å²) in [6.07, 6.45) is 2.02. The lowest BCUT2D eigenvalue weighted by atomic mass is 9.85. The molecular formula is C40H48N6O9S. The number of methoxy groups -OCH3 is 1. The van der Waals surface area contributed by atoms with Gasteiger partial charge in [0.05, 0.1) is 24.9 Å². The number of aliphatic carboxylic acids is 1. The number of nitrogens with one attached hydrogen (secondary N) is 3. The predicted molar refractivity (Wildman–Crippen MR) is 208 cm³/mol. The molecule has 4 N–H and O–H groups in total. The first-order valence-electron chi connectivity index (χ1n) is 18.7. The van der Waals surface area contributed by atoms with E-state index in [2.05, 4.69) is 33.2 Å². The van der Waals surface area contributed by atoms with Crippen LogP contribution in [-0.2, 0) is 23.9 Å². The van der Waals surface area contributed by atoms with Crippen molar-refractivity contribution in [1.82, 2.24) is 25.5 Å². The maximum Gasteiger partial charge on any atom is 0.408 e. The van der Waals surface area contributed by atoms with Crippen LogP contribution in [0.15, 0.2) is 41.5 Å². The number of thiazole rings is 1. The van der Waals surface area contributed by atoms with E-state index in [1.165, 1.54) is 16.2 Å². The van der Waals surface area contributed by atoms with E-state index in [1.54, 1.807) is 52.3 Å². The molecule has 4 atom stereocenters. The van der Waals surface area contributed by atoms with Crippen molar-refractivity contribution < 1.29 is 43.3 Å². The van der Waals surface area contributed by atoms with Crippen LogP contribution in [0.3, 0.4) is 0 Å². The molecule has 1 aromatic carbocycles. The van der Waals surface area contributed by atoms with E-state index in [1.807, 2.05) is 13.0 Å². The van der Waals surface area contributed by atoms with E-state index in [4.69, 9.17) is 19.2 Å². The number of carbonyl (C=O) groups is 5. The minimum absolute atomic E-state index is 0.00196. The van der Waals surface area contributed by atoms with E-state index in [0.29, 0.717) is 50.9 Å². The fourth-order valence-electron chi connectivity index (χ4n) is 7.27. The van der Waals surface area contributed by atoms with Crippen molar-refractivity contribution in [2.24, 2.45) is 5.41 Å². The highest BCUT2D eigenvalue weighted by molar-refractivity contribution is 7.14. The van der Waals surface area contributed by atoms with Crippen molar-refractivity contribution in [2.75, 3.05) is 19.0 Å². The van der Waals surface area contributed by atoms with Gasteiger partial charge in [-0.15, -0.1) is 17.1 Å². The van der Waals surface area contributed by atoms with Crippen LogP contribution in [0, 0.1) is 12.3 Å². The van der Waals surface area contributed by atoms with Gasteiger partial charge in [-0.3, -0.25) is 14.4 Å². The molecule has 16 heteroatoms. The Kier molecular flexibility index (Phi) is 11.4. The minimum Gasteiger partial charge on any atom is -0.496 e. The molecule has 56 heavy (non-hydrogen) atoms. The number of fused-ring (bicyclic) bond motifs is 1. The van der Waals surface area contributed by atoms with Gasteiger partial charge in [-0.1, -0.05) is 34.3 Å². The van der Waals surface area contributed by atoms with Crippen molar-refractivity contribution in [3.63, 3.8) is 0 Å². The van der Waals surface area contributed by atoms with Crippen LogP contribution in [0.2, 0.25) is 0 Å². The number of benzene rings is 1. The first-order valence-corrected chi connectivity index (χ1v) is 19.6. The molecule has 6 rings (SSSR count). The lowest BCUT2D eigenvalue weighted by Crippen LogP contribution is -2.59. The molecule has 2 aliphatic carbocycles. The molecule has 3 fully saturated rings. The highest BCUT2D eigenvalue weighted by Crippen LogP contribution is 2.43. The number of amides is 4. The van der Waals surface area contributed by atoms with Crippen LogP contribution in [-0.4, -0.2) is 93.2 Å². The topological polar surface area (TPSA) is 198 Å². The van der Waals surface area contributed by atoms with Crippen molar-refractivity contribution in [3.8, 4) is 22.9 Å². The quantitative estimate of drug-likeness (QED) is 0.169. The van der Waals surface area contributed by atoms with Crippen LogP contribution in [0.1, 0.15) is 78.2 Å². The van der Waals surface area contributed by atoms with E-state index >= 15 is 0 Å². The average Bonchev–Trinajstić information content (AvgIpc) is 3.57. The predicted octanol–water partition coefficient (Wildman–Crippen LogP) is 5.51. The molecule has 3 heterocycles. The molecule has 3 aromatic rings. The standard InChI is InChI=1S/C40H48N6O9S/c1-8-22-18-40(22,36(50)51)45-34(48)28-16-24(19-46(28)35(49)33(39(4,5)6)44-38(52)55-23-12-10-11-13-23)54-30-17-26(27-20-56-37(42-27)43-31(47)9-2)41-32-21(3)29(53-7)15-14-25(30)32/h14-15,17,20,23-24,28,33H,1,9-13,16,18-19H2,2-7H3,(H,44,52)(H,45,48)(H,50,51)(H,42,43,47)/t24-,28+,33-,40-/m1/s1. The lowest BCUT2D eigenvalue weighted by molar-refractivity contribution is -0.145. The third kappa shape index (κ3) is 8.21. The third-order valence-corrected chi connectivity index (χ3v) is 11.3. The number of alkyl carbamates (subject to hydrolysis) is 1. The van der Waals surface area contributed by atoms with E-state index < -0.39 is 53.0 Å². The van der Waals surface area contributed by atoms with Gasteiger partial charge in [0.15, 0.2) is 10.7 Å². The van der Waals surface area contributed by atoms with Gasteiger partial charge in [-0.2, -0.15) is 0 Å². The second-order valence-corrected chi connectivity index (χ2v) is 16.4. The second-order valence-electron chi connectivity index (χ2n) is 15.5. The maximum absolute atomic E-state index is 14.6. The zero-order valence-electron chi connectivity index (χ0n) is 32.4. The van der Waals surface area contributed by atoms with Crippen molar-refractivity contribution >= 4 is 57.2 Å². The summed E-state index contributed by atoms with van der Waals surface area (Å²) in [6.45, 7) is 12.5. The second kappa shape index (κ2) is 15.9. The number of rotatable bonds is 12. The fraction of sp³-hybridized carbons (Fsp3) is 0.500. The van der Waals surface area contributed by atoms with Gasteiger partial charge < -0.3 is 40.2 Å². The number of hydrogen-bond donors (Lipinski definition) is 4. The Labute approximate surface area is 328 Å². The number of nitrogens with zero attached hydrogens (tertiary/aromatic N) is 3. The SMILES string of the molecule is C=C=C1C[C@]1(NC(=O)[C@@H]1C[C@@H](Oc2cc(-c3csc(NC(=O)CC)n3)nc3c(C)c(OC)ccc23)CN1C(=O)[C@@H](NC(=O)OC1CCCC1)C(C)(C)C)C(=O)O. The van der Waals surface area contributed by atoms with E-state index in [-0.39, 0.29) is 31.4 Å². The summed E-state index contributed by atoms with van der Waals surface area (Å²) >= 11 is 1.25. The summed E-state index contributed by atoms with van der Waals surface area (Å²) in [5, 5.41) is 21.1. The summed E-state index contributed by atoms with van der Waals surface area (Å²) < 4.78 is 17.9. The Morgan fingerprint density at radius 1 is 1.11 bits per heavy atom. The molecule has 0 spiro atoms. The monoisotopic (exact) mass is 788 g/mol. The molecule has 1 aliphatic heterocycles. The van der Waals surface area contributed by atoms with Crippen LogP contribution >= 0.6 is 11.3 Å². The van der Waals surface area contributed by atoms with Gasteiger partial charge >= 0.3 is 12.1 Å². The Morgan fingerprint density at radius 3 is 2.46 bits per heavy atom. The Morgan fingerprint density at radius 2 is 1.84 bits per heavy atom. The first kappa shape index (κ1) is 40.2. The van der Waals surface area contributed by atoms with Crippen LogP contribution in [0.25, 0.3) is 22.3 Å². The molecule has 15 nitrogen and oxygen atoms in total. The number of ether oxygens (including phenoxy) is 3. The Balaban J connectivity index is 1.35. The number of hydrogen-bond acceptors (Lipinski definition) is 11. The minimum atomic E-state index is -1.67. The van der Waals surface area contributed by atoms with Crippen molar-refractivity contribution in [2.45, 2.75) is 109 Å². The Bertz CT molecular complexity index is 2120. The van der Waals surface area contributed by atoms with Gasteiger partial charge in [0, 0.05) is 47.2 Å². The number of anilines is 1. The van der Waals surface area contributed by atoms with Crippen molar-refractivity contribution in [1.29, 1.82) is 0 Å². The molecular weight excluding hydrogens is 741 g/mol. The van der Waals surface area contributed by atoms with Gasteiger partial charge in [0.25, 0.3) is 0 Å². The molecule has 0 bridgehead atoms. The summed E-state index contributed by atoms with van der Waals surface area (Å²) in [5.74, 6) is -1.67. The molecule has 2 saturated carbocycles. The zero-order chi connectivity index (χ0) is 40.5. The molecule has 0 unspecified atom stereocenters. The molecule has 0 radical (unpaired) electrons. The van der Waals surface area contributed by atoms with E-state index in [0.717, 1.165) is 31.2 Å². The smallest absolute Gasteiger partial charge is 0.408 e. The lowest BCUT2D eigenvalue weighted by Gasteiger charge is -2.35. The summed E-state index contributed by atoms with van der Waals surface area (Å²) in [6, 6.07) is 3.07. The molecule has 1 saturated heterocycles. The first-order chi connectivity index (χ1) is 26.6. The van der Waals surface area contributed by atoms with Gasteiger partial charge in [-0.05, 0) is 50.2 Å². The molecule has 4 amide bonds. The molecule has 2 aromatic heterocycles.